The monoisotopic (exact) mass is 285 g/mol. The molecule has 0 saturated heterocycles. The summed E-state index contributed by atoms with van der Waals surface area (Å²) < 4.78 is 11.8. The summed E-state index contributed by atoms with van der Waals surface area (Å²) >= 11 is 0. The molecule has 0 spiro atoms. The average Bonchev–Trinajstić information content (AvgIpc) is 2.87. The van der Waals surface area contributed by atoms with Crippen LogP contribution in [0.25, 0.3) is 11.0 Å². The third-order valence-electron chi connectivity index (χ3n) is 4.46. The predicted octanol–water partition coefficient (Wildman–Crippen LogP) is 4.01. The molecule has 1 aliphatic rings. The lowest BCUT2D eigenvalue weighted by Gasteiger charge is -2.24. The van der Waals surface area contributed by atoms with Gasteiger partial charge in [0.25, 0.3) is 0 Å². The Morgan fingerprint density at radius 1 is 1.24 bits per heavy atom. The van der Waals surface area contributed by atoms with E-state index in [4.69, 9.17) is 14.9 Å². The summed E-state index contributed by atoms with van der Waals surface area (Å²) in [4.78, 5) is 0. The van der Waals surface area contributed by atoms with Crippen molar-refractivity contribution in [2.45, 2.75) is 32.9 Å². The van der Waals surface area contributed by atoms with Crippen LogP contribution in [0.2, 0.25) is 0 Å². The van der Waals surface area contributed by atoms with Crippen LogP contribution in [-0.4, -0.2) is 6.61 Å². The Balaban J connectivity index is 1.68. The first-order valence-electron chi connectivity index (χ1n) is 7.71. The molecule has 2 unspecified atom stereocenters. The lowest BCUT2D eigenvalue weighted by Crippen LogP contribution is -2.19. The maximum absolute atomic E-state index is 5.99. The Bertz CT molecular complexity index is 629. The Labute approximate surface area is 125 Å². The number of furan rings is 1. The molecule has 0 saturated carbocycles. The van der Waals surface area contributed by atoms with E-state index in [-0.39, 0.29) is 0 Å². The first-order valence-corrected chi connectivity index (χ1v) is 7.71. The maximum Gasteiger partial charge on any atom is 0.134 e. The third-order valence-corrected chi connectivity index (χ3v) is 4.46. The van der Waals surface area contributed by atoms with Crippen molar-refractivity contribution in [1.82, 2.24) is 0 Å². The van der Waals surface area contributed by atoms with Crippen LogP contribution in [0.3, 0.4) is 0 Å². The number of hydrogen-bond donors (Lipinski definition) is 1. The van der Waals surface area contributed by atoms with E-state index >= 15 is 0 Å². The molecule has 0 aliphatic heterocycles. The van der Waals surface area contributed by atoms with Crippen molar-refractivity contribution in [2.24, 2.45) is 17.6 Å². The first-order chi connectivity index (χ1) is 10.3. The molecule has 1 aromatic heterocycles. The average molecular weight is 285 g/mol. The molecule has 3 rings (SSSR count). The van der Waals surface area contributed by atoms with Crippen molar-refractivity contribution in [3.05, 3.63) is 47.7 Å². The lowest BCUT2D eigenvalue weighted by molar-refractivity contribution is 0.0678. The molecule has 21 heavy (non-hydrogen) atoms. The molecule has 1 heterocycles. The fourth-order valence-electron chi connectivity index (χ4n) is 3.02. The predicted molar refractivity (Wildman–Crippen MR) is 84.8 cm³/mol. The molecule has 2 atom stereocenters. The highest BCUT2D eigenvalue weighted by Gasteiger charge is 2.19. The van der Waals surface area contributed by atoms with Gasteiger partial charge < -0.3 is 14.9 Å². The van der Waals surface area contributed by atoms with E-state index in [2.05, 4.69) is 25.1 Å². The van der Waals surface area contributed by atoms with E-state index in [1.54, 1.807) is 0 Å². The minimum Gasteiger partial charge on any atom is -0.459 e. The number of ether oxygens (including phenoxy) is 1. The number of rotatable bonds is 5. The van der Waals surface area contributed by atoms with Gasteiger partial charge in [0.1, 0.15) is 11.3 Å². The van der Waals surface area contributed by atoms with Gasteiger partial charge >= 0.3 is 0 Å². The van der Waals surface area contributed by atoms with Crippen LogP contribution < -0.4 is 5.73 Å². The summed E-state index contributed by atoms with van der Waals surface area (Å²) in [6.07, 6.45) is 6.83. The Morgan fingerprint density at radius 3 is 2.86 bits per heavy atom. The van der Waals surface area contributed by atoms with Gasteiger partial charge in [-0.15, -0.1) is 0 Å². The van der Waals surface area contributed by atoms with Crippen molar-refractivity contribution in [2.75, 3.05) is 6.61 Å². The van der Waals surface area contributed by atoms with Crippen LogP contribution >= 0.6 is 0 Å². The van der Waals surface area contributed by atoms with Gasteiger partial charge in [-0.3, -0.25) is 0 Å². The highest BCUT2D eigenvalue weighted by molar-refractivity contribution is 5.82. The summed E-state index contributed by atoms with van der Waals surface area (Å²) in [6.45, 7) is 4.09. The van der Waals surface area contributed by atoms with E-state index in [1.165, 1.54) is 0 Å². The van der Waals surface area contributed by atoms with Crippen LogP contribution in [0.1, 0.15) is 31.1 Å². The van der Waals surface area contributed by atoms with Crippen LogP contribution in [0.4, 0.5) is 0 Å². The summed E-state index contributed by atoms with van der Waals surface area (Å²) in [5.41, 5.74) is 7.79. The quantitative estimate of drug-likeness (QED) is 0.844. The van der Waals surface area contributed by atoms with Gasteiger partial charge in [0, 0.05) is 10.9 Å². The summed E-state index contributed by atoms with van der Waals surface area (Å²) in [5, 5.41) is 1.12. The molecule has 2 aromatic rings. The van der Waals surface area contributed by atoms with E-state index in [0.717, 1.165) is 41.7 Å². The molecule has 2 N–H and O–H groups in total. The number of hydrogen-bond acceptors (Lipinski definition) is 3. The second-order valence-electron chi connectivity index (χ2n) is 5.90. The van der Waals surface area contributed by atoms with Gasteiger partial charge in [0.05, 0.1) is 19.8 Å². The number of fused-ring (bicyclic) bond motifs is 1. The molecular weight excluding hydrogens is 262 g/mol. The molecule has 112 valence electrons. The van der Waals surface area contributed by atoms with Gasteiger partial charge in [-0.25, -0.2) is 0 Å². The van der Waals surface area contributed by atoms with Crippen molar-refractivity contribution in [1.29, 1.82) is 0 Å². The van der Waals surface area contributed by atoms with Crippen molar-refractivity contribution in [3.8, 4) is 0 Å². The molecule has 1 aliphatic carbocycles. The van der Waals surface area contributed by atoms with Gasteiger partial charge in [-0.1, -0.05) is 37.3 Å². The molecule has 3 heteroatoms. The van der Waals surface area contributed by atoms with E-state index in [0.29, 0.717) is 25.0 Å². The molecule has 0 radical (unpaired) electrons. The largest absolute Gasteiger partial charge is 0.459 e. The molecule has 0 amide bonds. The van der Waals surface area contributed by atoms with Gasteiger partial charge in [-0.05, 0) is 30.7 Å². The number of para-hydroxylation sites is 1. The Hall–Kier alpha value is -1.58. The van der Waals surface area contributed by atoms with Crippen LogP contribution in [0, 0.1) is 11.8 Å². The fraction of sp³-hybridized carbons (Fsp3) is 0.444. The lowest BCUT2D eigenvalue weighted by atomic mass is 9.85. The second kappa shape index (κ2) is 6.46. The number of allylic oxidation sites excluding steroid dienone is 2. The summed E-state index contributed by atoms with van der Waals surface area (Å²) in [5.74, 6) is 2.16. The van der Waals surface area contributed by atoms with Crippen LogP contribution in [0.5, 0.6) is 0 Å². The standard InChI is InChI=1S/C18H23NO2/c1-13-6-2-3-7-14(13)11-20-12-16-15-8-4-5-9-17(15)21-18(16)10-19/h2-5,8-9,13-14H,6-7,10-12,19H2,1H3. The smallest absolute Gasteiger partial charge is 0.134 e. The number of nitrogens with two attached hydrogens (primary N) is 1. The SMILES string of the molecule is CC1CC=CCC1COCc1c(CN)oc2ccccc12. The van der Waals surface area contributed by atoms with Gasteiger partial charge in [0.15, 0.2) is 0 Å². The van der Waals surface area contributed by atoms with Crippen molar-refractivity contribution in [3.63, 3.8) is 0 Å². The zero-order valence-corrected chi connectivity index (χ0v) is 12.5. The van der Waals surface area contributed by atoms with Gasteiger partial charge in [0.2, 0.25) is 0 Å². The van der Waals surface area contributed by atoms with E-state index < -0.39 is 0 Å². The molecule has 0 bridgehead atoms. The Morgan fingerprint density at radius 2 is 2.05 bits per heavy atom. The summed E-state index contributed by atoms with van der Waals surface area (Å²) in [6, 6.07) is 8.05. The van der Waals surface area contributed by atoms with Crippen LogP contribution in [0.15, 0.2) is 40.8 Å². The molecule has 3 nitrogen and oxygen atoms in total. The molecule has 1 aromatic carbocycles. The normalized spacial score (nSPS) is 22.0. The van der Waals surface area contributed by atoms with Crippen LogP contribution in [-0.2, 0) is 17.9 Å². The molecular formula is C18H23NO2. The van der Waals surface area contributed by atoms with E-state index in [9.17, 15) is 0 Å². The van der Waals surface area contributed by atoms with Crippen molar-refractivity contribution >= 4 is 11.0 Å². The topological polar surface area (TPSA) is 48.4 Å². The fourth-order valence-corrected chi connectivity index (χ4v) is 3.02. The number of benzene rings is 1. The van der Waals surface area contributed by atoms with Gasteiger partial charge in [-0.2, -0.15) is 0 Å². The first kappa shape index (κ1) is 14.4. The minimum absolute atomic E-state index is 0.413. The zero-order valence-electron chi connectivity index (χ0n) is 12.5. The second-order valence-corrected chi connectivity index (χ2v) is 5.90. The minimum atomic E-state index is 0.413. The third kappa shape index (κ3) is 3.04. The highest BCUT2D eigenvalue weighted by Crippen LogP contribution is 2.28. The van der Waals surface area contributed by atoms with Crippen molar-refractivity contribution < 1.29 is 9.15 Å². The molecule has 0 fully saturated rings. The summed E-state index contributed by atoms with van der Waals surface area (Å²) in [7, 11) is 0. The Kier molecular flexibility index (Phi) is 4.42. The zero-order chi connectivity index (χ0) is 14.7. The maximum atomic E-state index is 5.99. The highest BCUT2D eigenvalue weighted by atomic mass is 16.5. The van der Waals surface area contributed by atoms with E-state index in [1.807, 2.05) is 18.2 Å².